The van der Waals surface area contributed by atoms with Gasteiger partial charge < -0.3 is 41.8 Å². The molecule has 14 nitrogen and oxygen atoms in total. The van der Waals surface area contributed by atoms with E-state index < -0.39 is 72.4 Å². The van der Waals surface area contributed by atoms with Gasteiger partial charge in [-0.1, -0.05) is 48.5 Å². The highest BCUT2D eigenvalue weighted by Crippen LogP contribution is 2.19. The predicted octanol–water partition coefficient (Wildman–Crippen LogP) is 0.892. The summed E-state index contributed by atoms with van der Waals surface area (Å²) >= 11 is 0. The fraction of sp³-hybridized carbons (Fsp3) is 0.355. The molecule has 1 aromatic heterocycles. The molecule has 5 amide bonds. The maximum Gasteiger partial charge on any atom is 0.408 e. The van der Waals surface area contributed by atoms with E-state index in [-0.39, 0.29) is 12.8 Å². The van der Waals surface area contributed by atoms with Crippen molar-refractivity contribution in [2.75, 3.05) is 6.54 Å². The fourth-order valence-corrected chi connectivity index (χ4v) is 4.44. The topological polar surface area (TPSA) is 222 Å². The van der Waals surface area contributed by atoms with E-state index in [4.69, 9.17) is 10.5 Å². The van der Waals surface area contributed by atoms with Gasteiger partial charge in [0, 0.05) is 29.9 Å². The van der Waals surface area contributed by atoms with Gasteiger partial charge in [-0.15, -0.1) is 0 Å². The molecule has 0 saturated heterocycles. The molecule has 0 aliphatic carbocycles. The third-order valence-corrected chi connectivity index (χ3v) is 6.50. The van der Waals surface area contributed by atoms with E-state index >= 15 is 0 Å². The third-order valence-electron chi connectivity index (χ3n) is 6.50. The van der Waals surface area contributed by atoms with Crippen LogP contribution in [-0.4, -0.2) is 76.1 Å². The molecule has 8 N–H and O–H groups in total. The van der Waals surface area contributed by atoms with Gasteiger partial charge in [-0.05, 0) is 38.0 Å². The molecular formula is C31H38N6O8. The Bertz CT molecular complexity index is 1530. The third kappa shape index (κ3) is 11.0. The van der Waals surface area contributed by atoms with Crippen LogP contribution in [-0.2, 0) is 41.6 Å². The van der Waals surface area contributed by atoms with Gasteiger partial charge in [0.25, 0.3) is 0 Å². The first-order chi connectivity index (χ1) is 21.2. The number of rotatable bonds is 14. The zero-order valence-electron chi connectivity index (χ0n) is 25.2. The van der Waals surface area contributed by atoms with Crippen LogP contribution in [0, 0.1) is 0 Å². The minimum Gasteiger partial charge on any atom is -0.481 e. The molecule has 0 spiro atoms. The normalized spacial score (nSPS) is 13.1. The van der Waals surface area contributed by atoms with Crippen molar-refractivity contribution in [2.24, 2.45) is 5.73 Å². The van der Waals surface area contributed by atoms with Crippen molar-refractivity contribution in [3.05, 3.63) is 71.9 Å². The maximum absolute atomic E-state index is 13.2. The quantitative estimate of drug-likeness (QED) is 0.136. The standard InChI is InChI=1S/C31H38N6O8/c1-31(2,3)45-30(44)37-23(14-19-16-33-21-12-8-7-11-20(19)21)28(42)34-17-25(38)35-24(15-26(39)40)29(43)36-22(27(32)41)13-18-9-5-4-6-10-18/h4-12,16,22-24,33H,13-15,17H2,1-3H3,(H2,32,41)(H,34,42)(H,35,38)(H,36,43)(H,37,44)(H,39,40)/t22-,23-,24-/m0/s1. The Labute approximate surface area is 259 Å². The number of para-hydroxylation sites is 1. The summed E-state index contributed by atoms with van der Waals surface area (Å²) < 4.78 is 5.30. The molecule has 3 rings (SSSR count). The maximum atomic E-state index is 13.2. The number of carboxylic acid groups (broad SMARTS) is 1. The first-order valence-corrected chi connectivity index (χ1v) is 14.2. The Kier molecular flexibility index (Phi) is 11.6. The summed E-state index contributed by atoms with van der Waals surface area (Å²) in [5.74, 6) is -4.79. The monoisotopic (exact) mass is 622 g/mol. The number of hydrogen-bond donors (Lipinski definition) is 7. The molecule has 0 bridgehead atoms. The van der Waals surface area contributed by atoms with Crippen LogP contribution in [0.1, 0.15) is 38.3 Å². The molecule has 0 aliphatic heterocycles. The van der Waals surface area contributed by atoms with E-state index in [0.29, 0.717) is 5.56 Å². The average Bonchev–Trinajstić information content (AvgIpc) is 3.36. The lowest BCUT2D eigenvalue weighted by Gasteiger charge is -2.23. The number of alkyl carbamates (subject to hydrolysis) is 1. The SMILES string of the molecule is CC(C)(C)OC(=O)N[C@@H](Cc1c[nH]c2ccccc12)C(=O)NCC(=O)N[C@@H](CC(=O)O)C(=O)N[C@@H](Cc1ccccc1)C(N)=O. The van der Waals surface area contributed by atoms with E-state index in [1.807, 2.05) is 24.3 Å². The lowest BCUT2D eigenvalue weighted by molar-refractivity contribution is -0.141. The molecule has 240 valence electrons. The van der Waals surface area contributed by atoms with Crippen molar-refractivity contribution in [3.8, 4) is 0 Å². The number of hydrogen-bond acceptors (Lipinski definition) is 7. The highest BCUT2D eigenvalue weighted by molar-refractivity contribution is 5.95. The number of carbonyl (C=O) groups excluding carboxylic acids is 5. The molecular weight excluding hydrogens is 584 g/mol. The summed E-state index contributed by atoms with van der Waals surface area (Å²) in [6.07, 6.45) is 0.168. The van der Waals surface area contributed by atoms with E-state index in [2.05, 4.69) is 26.3 Å². The number of benzene rings is 2. The van der Waals surface area contributed by atoms with Crippen molar-refractivity contribution in [3.63, 3.8) is 0 Å². The van der Waals surface area contributed by atoms with Crippen molar-refractivity contribution in [1.82, 2.24) is 26.3 Å². The Morgan fingerprint density at radius 3 is 2.16 bits per heavy atom. The summed E-state index contributed by atoms with van der Waals surface area (Å²) in [4.78, 5) is 78.0. The largest absolute Gasteiger partial charge is 0.481 e. The minimum atomic E-state index is -1.58. The Hall–Kier alpha value is -5.40. The van der Waals surface area contributed by atoms with Crippen LogP contribution in [0.2, 0.25) is 0 Å². The first-order valence-electron chi connectivity index (χ1n) is 14.2. The van der Waals surface area contributed by atoms with Gasteiger partial charge in [-0.25, -0.2) is 4.79 Å². The summed E-state index contributed by atoms with van der Waals surface area (Å²) in [5.41, 5.74) is 6.87. The van der Waals surface area contributed by atoms with Gasteiger partial charge in [-0.3, -0.25) is 24.0 Å². The van der Waals surface area contributed by atoms with Crippen LogP contribution in [0.15, 0.2) is 60.8 Å². The van der Waals surface area contributed by atoms with Gasteiger partial charge in [0.2, 0.25) is 23.6 Å². The summed E-state index contributed by atoms with van der Waals surface area (Å²) in [6.45, 7) is 4.36. The fourth-order valence-electron chi connectivity index (χ4n) is 4.44. The van der Waals surface area contributed by atoms with E-state index in [1.54, 1.807) is 57.3 Å². The molecule has 14 heteroatoms. The van der Waals surface area contributed by atoms with Gasteiger partial charge in [0.15, 0.2) is 0 Å². The Balaban J connectivity index is 1.67. The van der Waals surface area contributed by atoms with Crippen LogP contribution >= 0.6 is 0 Å². The van der Waals surface area contributed by atoms with Gasteiger partial charge in [-0.2, -0.15) is 0 Å². The zero-order chi connectivity index (χ0) is 33.1. The lowest BCUT2D eigenvalue weighted by Crippen LogP contribution is -2.56. The van der Waals surface area contributed by atoms with Crippen molar-refractivity contribution in [2.45, 2.75) is 63.8 Å². The Morgan fingerprint density at radius 1 is 0.844 bits per heavy atom. The van der Waals surface area contributed by atoms with Crippen LogP contribution in [0.3, 0.4) is 0 Å². The number of nitrogens with one attached hydrogen (secondary N) is 5. The lowest BCUT2D eigenvalue weighted by atomic mass is 10.0. The minimum absolute atomic E-state index is 0.0498. The van der Waals surface area contributed by atoms with E-state index in [0.717, 1.165) is 16.5 Å². The summed E-state index contributed by atoms with van der Waals surface area (Å²) in [6, 6.07) is 12.2. The molecule has 3 aromatic rings. The number of nitrogens with two attached hydrogens (primary N) is 1. The number of H-pyrrole nitrogens is 1. The van der Waals surface area contributed by atoms with Crippen molar-refractivity contribution < 1.29 is 38.6 Å². The number of fused-ring (bicyclic) bond motifs is 1. The first kappa shape index (κ1) is 34.1. The van der Waals surface area contributed by atoms with Crippen LogP contribution in [0.4, 0.5) is 4.79 Å². The highest BCUT2D eigenvalue weighted by atomic mass is 16.6. The molecule has 0 saturated carbocycles. The van der Waals surface area contributed by atoms with Crippen LogP contribution < -0.4 is 27.0 Å². The molecule has 0 unspecified atom stereocenters. The van der Waals surface area contributed by atoms with Crippen LogP contribution in [0.25, 0.3) is 10.9 Å². The summed E-state index contributed by atoms with van der Waals surface area (Å²) in [5, 5.41) is 19.8. The second-order valence-corrected chi connectivity index (χ2v) is 11.4. The number of aromatic nitrogens is 1. The van der Waals surface area contributed by atoms with E-state index in [1.165, 1.54) is 0 Å². The van der Waals surface area contributed by atoms with Gasteiger partial charge >= 0.3 is 12.1 Å². The zero-order valence-corrected chi connectivity index (χ0v) is 25.2. The second kappa shape index (κ2) is 15.4. The molecule has 2 aromatic carbocycles. The van der Waals surface area contributed by atoms with Crippen molar-refractivity contribution in [1.29, 1.82) is 0 Å². The average molecular weight is 623 g/mol. The van der Waals surface area contributed by atoms with E-state index in [9.17, 15) is 33.9 Å². The summed E-state index contributed by atoms with van der Waals surface area (Å²) in [7, 11) is 0. The second-order valence-electron chi connectivity index (χ2n) is 11.4. The number of aromatic amines is 1. The van der Waals surface area contributed by atoms with Gasteiger partial charge in [0.1, 0.15) is 23.7 Å². The number of carboxylic acids is 1. The van der Waals surface area contributed by atoms with Crippen LogP contribution in [0.5, 0.6) is 0 Å². The molecule has 45 heavy (non-hydrogen) atoms. The highest BCUT2D eigenvalue weighted by Gasteiger charge is 2.29. The number of primary amides is 1. The molecule has 3 atom stereocenters. The number of amides is 5. The Morgan fingerprint density at radius 2 is 1.51 bits per heavy atom. The smallest absolute Gasteiger partial charge is 0.408 e. The molecule has 0 aliphatic rings. The number of ether oxygens (including phenoxy) is 1. The van der Waals surface area contributed by atoms with Gasteiger partial charge in [0.05, 0.1) is 13.0 Å². The number of aliphatic carboxylic acids is 1. The van der Waals surface area contributed by atoms with Crippen molar-refractivity contribution >= 4 is 46.6 Å². The molecule has 1 heterocycles. The predicted molar refractivity (Wildman–Crippen MR) is 164 cm³/mol. The molecule has 0 fully saturated rings. The number of carbonyl (C=O) groups is 6. The molecule has 0 radical (unpaired) electrons.